The molecule has 0 unspecified atom stereocenters. The third-order valence-electron chi connectivity index (χ3n) is 2.73. The van der Waals surface area contributed by atoms with Crippen molar-refractivity contribution in [2.75, 3.05) is 0 Å². The summed E-state index contributed by atoms with van der Waals surface area (Å²) in [4.78, 5) is 10.9. The molecule has 0 spiro atoms. The molecular formula is C13H6ClF3N2O2. The molecule has 0 aliphatic heterocycles. The molecule has 1 N–H and O–H groups in total. The van der Waals surface area contributed by atoms with E-state index in [1.807, 2.05) is 6.07 Å². The largest absolute Gasteiger partial charge is 0.478 e. The van der Waals surface area contributed by atoms with E-state index >= 15 is 0 Å². The topological polar surface area (TPSA) is 66.0 Å². The van der Waals surface area contributed by atoms with E-state index in [0.717, 1.165) is 10.8 Å². The molecule has 0 amide bonds. The molecule has 0 atom stereocenters. The molecule has 0 aliphatic rings. The number of aromatic carboxylic acids is 1. The first-order chi connectivity index (χ1) is 9.74. The smallest absolute Gasteiger partial charge is 0.418 e. The lowest BCUT2D eigenvalue weighted by atomic mass is 10.2. The second-order valence-corrected chi connectivity index (χ2v) is 4.48. The summed E-state index contributed by atoms with van der Waals surface area (Å²) >= 11 is 5.80. The second-order valence-electron chi connectivity index (χ2n) is 4.07. The van der Waals surface area contributed by atoms with Crippen molar-refractivity contribution in [3.8, 4) is 11.8 Å². The van der Waals surface area contributed by atoms with Crippen molar-refractivity contribution in [1.29, 1.82) is 5.26 Å². The van der Waals surface area contributed by atoms with Crippen LogP contribution in [0.15, 0.2) is 30.6 Å². The average Bonchev–Trinajstić information content (AvgIpc) is 2.83. The predicted octanol–water partition coefficient (Wildman–Crippen LogP) is 3.72. The van der Waals surface area contributed by atoms with Crippen LogP contribution in [-0.4, -0.2) is 15.6 Å². The summed E-state index contributed by atoms with van der Waals surface area (Å²) in [7, 11) is 0. The zero-order valence-corrected chi connectivity index (χ0v) is 10.9. The van der Waals surface area contributed by atoms with Gasteiger partial charge in [0.1, 0.15) is 6.07 Å². The van der Waals surface area contributed by atoms with Crippen molar-refractivity contribution in [2.24, 2.45) is 0 Å². The molecule has 2 rings (SSSR count). The normalized spacial score (nSPS) is 11.2. The predicted molar refractivity (Wildman–Crippen MR) is 67.5 cm³/mol. The Balaban J connectivity index is 2.58. The van der Waals surface area contributed by atoms with Crippen LogP contribution in [0.2, 0.25) is 5.02 Å². The van der Waals surface area contributed by atoms with Gasteiger partial charge in [-0.05, 0) is 18.2 Å². The second kappa shape index (κ2) is 5.14. The Labute approximate surface area is 121 Å². The maximum absolute atomic E-state index is 12.8. The molecule has 0 bridgehead atoms. The summed E-state index contributed by atoms with van der Waals surface area (Å²) in [5.41, 5.74) is -1.72. The molecular weight excluding hydrogens is 309 g/mol. The molecule has 1 heterocycles. The minimum Gasteiger partial charge on any atom is -0.478 e. The van der Waals surface area contributed by atoms with Crippen LogP contribution in [0.5, 0.6) is 0 Å². The molecule has 1 aromatic heterocycles. The highest BCUT2D eigenvalue weighted by Crippen LogP contribution is 2.34. The zero-order valence-electron chi connectivity index (χ0n) is 10.1. The summed E-state index contributed by atoms with van der Waals surface area (Å²) in [5, 5.41) is 17.6. The number of aromatic nitrogens is 1. The summed E-state index contributed by atoms with van der Waals surface area (Å²) in [6, 6.07) is 5.81. The van der Waals surface area contributed by atoms with Gasteiger partial charge in [0.05, 0.1) is 21.7 Å². The molecule has 0 saturated heterocycles. The first-order valence-corrected chi connectivity index (χ1v) is 5.84. The lowest BCUT2D eigenvalue weighted by molar-refractivity contribution is -0.138. The van der Waals surface area contributed by atoms with Crippen LogP contribution in [0.25, 0.3) is 5.69 Å². The van der Waals surface area contributed by atoms with Gasteiger partial charge < -0.3 is 9.67 Å². The van der Waals surface area contributed by atoms with Crippen LogP contribution in [0.3, 0.4) is 0 Å². The Morgan fingerprint density at radius 1 is 1.33 bits per heavy atom. The molecule has 0 aliphatic carbocycles. The molecule has 4 nitrogen and oxygen atoms in total. The van der Waals surface area contributed by atoms with Gasteiger partial charge in [-0.3, -0.25) is 0 Å². The van der Waals surface area contributed by atoms with Crippen molar-refractivity contribution in [1.82, 2.24) is 4.57 Å². The Morgan fingerprint density at radius 3 is 2.43 bits per heavy atom. The first-order valence-electron chi connectivity index (χ1n) is 5.46. The van der Waals surface area contributed by atoms with Gasteiger partial charge in [-0.15, -0.1) is 0 Å². The summed E-state index contributed by atoms with van der Waals surface area (Å²) in [6.45, 7) is 0. The summed E-state index contributed by atoms with van der Waals surface area (Å²) < 4.78 is 39.4. The maximum atomic E-state index is 12.8. The minimum atomic E-state index is -4.78. The van der Waals surface area contributed by atoms with Crippen LogP contribution >= 0.6 is 11.6 Å². The third-order valence-corrected chi connectivity index (χ3v) is 3.05. The van der Waals surface area contributed by atoms with Gasteiger partial charge in [-0.25, -0.2) is 4.79 Å². The molecule has 1 aromatic carbocycles. The van der Waals surface area contributed by atoms with E-state index in [4.69, 9.17) is 22.0 Å². The standard InChI is InChI=1S/C13H6ClF3N2O2/c14-11-3-8(2-1-7(11)4-18)19-5-9(12(20)21)10(6-19)13(15,16)17/h1-3,5-6H,(H,20,21). The number of carbonyl (C=O) groups is 1. The number of nitrogens with zero attached hydrogens (tertiary/aromatic N) is 2. The Kier molecular flexibility index (Phi) is 3.66. The minimum absolute atomic E-state index is 0.0640. The fourth-order valence-electron chi connectivity index (χ4n) is 1.76. The zero-order chi connectivity index (χ0) is 15.8. The highest BCUT2D eigenvalue weighted by molar-refractivity contribution is 6.31. The van der Waals surface area contributed by atoms with Gasteiger partial charge in [-0.1, -0.05) is 11.6 Å². The maximum Gasteiger partial charge on any atom is 0.418 e. The van der Waals surface area contributed by atoms with Crippen LogP contribution in [0.1, 0.15) is 21.5 Å². The Hall–Kier alpha value is -2.46. The Bertz CT molecular complexity index is 760. The van der Waals surface area contributed by atoms with Crippen molar-refractivity contribution in [3.63, 3.8) is 0 Å². The number of benzene rings is 1. The average molecular weight is 315 g/mol. The molecule has 2 aromatic rings. The van der Waals surface area contributed by atoms with E-state index in [1.165, 1.54) is 18.2 Å². The summed E-state index contributed by atoms with van der Waals surface area (Å²) in [6.07, 6.45) is -3.26. The number of carboxylic acids is 1. The fraction of sp³-hybridized carbons (Fsp3) is 0.0769. The van der Waals surface area contributed by atoms with Gasteiger partial charge >= 0.3 is 12.1 Å². The van der Waals surface area contributed by atoms with E-state index in [0.29, 0.717) is 6.20 Å². The monoisotopic (exact) mass is 314 g/mol. The van der Waals surface area contributed by atoms with Crippen LogP contribution in [-0.2, 0) is 6.18 Å². The first kappa shape index (κ1) is 14.9. The van der Waals surface area contributed by atoms with Crippen molar-refractivity contribution < 1.29 is 23.1 Å². The van der Waals surface area contributed by atoms with Gasteiger partial charge in [0.15, 0.2) is 0 Å². The van der Waals surface area contributed by atoms with Crippen LogP contribution in [0.4, 0.5) is 13.2 Å². The van der Waals surface area contributed by atoms with E-state index in [9.17, 15) is 18.0 Å². The van der Waals surface area contributed by atoms with Crippen molar-refractivity contribution in [3.05, 3.63) is 52.3 Å². The number of carboxylic acid groups (broad SMARTS) is 1. The molecule has 108 valence electrons. The number of hydrogen-bond acceptors (Lipinski definition) is 2. The Morgan fingerprint density at radius 2 is 2.00 bits per heavy atom. The number of rotatable bonds is 2. The number of alkyl halides is 3. The van der Waals surface area contributed by atoms with E-state index in [1.54, 1.807) is 0 Å². The highest BCUT2D eigenvalue weighted by Gasteiger charge is 2.37. The SMILES string of the molecule is N#Cc1ccc(-n2cc(C(=O)O)c(C(F)(F)F)c2)cc1Cl. The van der Waals surface area contributed by atoms with E-state index in [-0.39, 0.29) is 16.3 Å². The molecule has 8 heteroatoms. The van der Waals surface area contributed by atoms with Gasteiger partial charge in [-0.2, -0.15) is 18.4 Å². The molecule has 21 heavy (non-hydrogen) atoms. The van der Waals surface area contributed by atoms with Crippen LogP contribution < -0.4 is 0 Å². The van der Waals surface area contributed by atoms with Gasteiger partial charge in [0, 0.05) is 18.1 Å². The highest BCUT2D eigenvalue weighted by atomic mass is 35.5. The fourth-order valence-corrected chi connectivity index (χ4v) is 1.97. The molecule has 0 saturated carbocycles. The number of halogens is 4. The van der Waals surface area contributed by atoms with Gasteiger partial charge in [0.2, 0.25) is 0 Å². The van der Waals surface area contributed by atoms with Crippen molar-refractivity contribution in [2.45, 2.75) is 6.18 Å². The number of hydrogen-bond donors (Lipinski definition) is 1. The third kappa shape index (κ3) is 2.85. The lowest BCUT2D eigenvalue weighted by Gasteiger charge is -2.05. The van der Waals surface area contributed by atoms with E-state index < -0.39 is 23.3 Å². The molecule has 0 radical (unpaired) electrons. The quantitative estimate of drug-likeness (QED) is 0.918. The molecule has 0 fully saturated rings. The van der Waals surface area contributed by atoms with E-state index in [2.05, 4.69) is 0 Å². The lowest BCUT2D eigenvalue weighted by Crippen LogP contribution is -2.09. The van der Waals surface area contributed by atoms with Crippen LogP contribution in [0, 0.1) is 11.3 Å². The summed E-state index contributed by atoms with van der Waals surface area (Å²) in [5.74, 6) is -1.68. The number of nitriles is 1. The van der Waals surface area contributed by atoms with Crippen molar-refractivity contribution >= 4 is 17.6 Å². The van der Waals surface area contributed by atoms with Gasteiger partial charge in [0.25, 0.3) is 0 Å².